The van der Waals surface area contributed by atoms with Crippen molar-refractivity contribution >= 4 is 16.2 Å². The summed E-state index contributed by atoms with van der Waals surface area (Å²) in [6.07, 6.45) is -0.0918. The minimum absolute atomic E-state index is 0.00658. The summed E-state index contributed by atoms with van der Waals surface area (Å²) in [5, 5.41) is 0. The Morgan fingerprint density at radius 2 is 1.87 bits per heavy atom. The van der Waals surface area contributed by atoms with E-state index >= 15 is 0 Å². The molecule has 0 saturated heterocycles. The Kier molecular flexibility index (Phi) is 3.80. The molecule has 0 aromatic heterocycles. The molecule has 4 N–H and O–H groups in total. The number of nitrogens with one attached hydrogen (secondary N) is 2. The van der Waals surface area contributed by atoms with Crippen molar-refractivity contribution in [3.63, 3.8) is 0 Å². The monoisotopic (exact) mass is 362 g/mol. The van der Waals surface area contributed by atoms with Crippen molar-refractivity contribution in [1.29, 1.82) is 0 Å². The molecule has 0 radical (unpaired) electrons. The maximum atomic E-state index is 13.3. The number of halogens is 6. The van der Waals surface area contributed by atoms with Gasteiger partial charge in [0.15, 0.2) is 0 Å². The first-order valence-electron chi connectivity index (χ1n) is 6.63. The SMILES string of the molecule is CC(CCc1cc(F)cc(S(F)(F)(F)(F)F)c1)C1N=C(N)NN1. The van der Waals surface area contributed by atoms with Gasteiger partial charge in [0.25, 0.3) is 0 Å². The fourth-order valence-corrected chi connectivity index (χ4v) is 2.88. The molecule has 11 heteroatoms. The lowest BCUT2D eigenvalue weighted by Crippen LogP contribution is -2.40. The number of hydrazine groups is 1. The third kappa shape index (κ3) is 4.67. The molecule has 1 aliphatic heterocycles. The van der Waals surface area contributed by atoms with Crippen LogP contribution in [-0.4, -0.2) is 12.1 Å². The molecule has 0 aliphatic carbocycles. The Labute approximate surface area is 128 Å². The van der Waals surface area contributed by atoms with Gasteiger partial charge in [-0.15, -0.1) is 0 Å². The van der Waals surface area contributed by atoms with Crippen molar-refractivity contribution in [3.8, 4) is 0 Å². The normalized spacial score (nSPS) is 22.7. The first-order chi connectivity index (χ1) is 10.2. The number of hydrogen-bond donors (Lipinski definition) is 3. The van der Waals surface area contributed by atoms with Gasteiger partial charge in [0.1, 0.15) is 16.9 Å². The Balaban J connectivity index is 2.14. The van der Waals surface area contributed by atoms with Crippen LogP contribution in [0.2, 0.25) is 0 Å². The van der Waals surface area contributed by atoms with E-state index in [0.717, 1.165) is 6.07 Å². The third-order valence-electron chi connectivity index (χ3n) is 3.43. The van der Waals surface area contributed by atoms with Crippen LogP contribution in [-0.2, 0) is 6.42 Å². The van der Waals surface area contributed by atoms with Crippen molar-refractivity contribution in [2.75, 3.05) is 0 Å². The van der Waals surface area contributed by atoms with E-state index in [2.05, 4.69) is 15.8 Å². The van der Waals surface area contributed by atoms with Gasteiger partial charge in [-0.25, -0.2) is 14.8 Å². The topological polar surface area (TPSA) is 62.4 Å². The quantitative estimate of drug-likeness (QED) is 0.698. The smallest absolute Gasteiger partial charge is 0.310 e. The molecule has 23 heavy (non-hydrogen) atoms. The summed E-state index contributed by atoms with van der Waals surface area (Å²) in [5.74, 6) is -1.33. The van der Waals surface area contributed by atoms with Crippen LogP contribution in [0.5, 0.6) is 0 Å². The fraction of sp³-hybridized carbons (Fsp3) is 0.417. The summed E-state index contributed by atoms with van der Waals surface area (Å²) in [6, 6.07) is 0.939. The highest BCUT2D eigenvalue weighted by Crippen LogP contribution is 3.02. The average Bonchev–Trinajstić information content (AvgIpc) is 2.79. The minimum Gasteiger partial charge on any atom is -0.369 e. The van der Waals surface area contributed by atoms with Gasteiger partial charge >= 0.3 is 10.2 Å². The Morgan fingerprint density at radius 1 is 1.22 bits per heavy atom. The van der Waals surface area contributed by atoms with Gasteiger partial charge in [0, 0.05) is 0 Å². The lowest BCUT2D eigenvalue weighted by atomic mass is 9.99. The number of aliphatic imine (C=N–C) groups is 1. The molecule has 0 spiro atoms. The Hall–Kier alpha value is -1.62. The van der Waals surface area contributed by atoms with E-state index in [0.29, 0.717) is 12.5 Å². The number of hydrogen-bond acceptors (Lipinski definition) is 4. The van der Waals surface area contributed by atoms with E-state index in [4.69, 9.17) is 5.73 Å². The summed E-state index contributed by atoms with van der Waals surface area (Å²) in [7, 11) is -9.90. The highest BCUT2D eigenvalue weighted by atomic mass is 32.5. The molecular weight excluding hydrogens is 346 g/mol. The van der Waals surface area contributed by atoms with E-state index in [9.17, 15) is 23.8 Å². The molecule has 2 atom stereocenters. The van der Waals surface area contributed by atoms with Crippen LogP contribution in [0.25, 0.3) is 0 Å². The Morgan fingerprint density at radius 3 is 2.39 bits per heavy atom. The molecule has 2 unspecified atom stereocenters. The summed E-state index contributed by atoms with van der Waals surface area (Å²) >= 11 is 0. The molecule has 1 aliphatic rings. The molecule has 132 valence electrons. The highest BCUT2D eigenvalue weighted by molar-refractivity contribution is 8.45. The number of rotatable bonds is 5. The maximum Gasteiger partial charge on any atom is 0.310 e. The fourth-order valence-electron chi connectivity index (χ4n) is 2.17. The lowest BCUT2D eigenvalue weighted by Gasteiger charge is -2.40. The first kappa shape index (κ1) is 17.7. The number of guanidine groups is 1. The molecule has 1 aromatic rings. The summed E-state index contributed by atoms with van der Waals surface area (Å²) < 4.78 is 77.2. The van der Waals surface area contributed by atoms with Crippen molar-refractivity contribution < 1.29 is 23.8 Å². The predicted octanol–water partition coefficient (Wildman–Crippen LogP) is 3.80. The van der Waals surface area contributed by atoms with Gasteiger partial charge in [-0.2, -0.15) is 0 Å². The van der Waals surface area contributed by atoms with Crippen LogP contribution in [0.3, 0.4) is 0 Å². The number of nitrogens with two attached hydrogens (primary N) is 1. The molecule has 0 saturated carbocycles. The maximum absolute atomic E-state index is 13.3. The van der Waals surface area contributed by atoms with Crippen LogP contribution in [0.1, 0.15) is 18.9 Å². The summed E-state index contributed by atoms with van der Waals surface area (Å²) in [6.45, 7) is 1.76. The number of benzene rings is 1. The van der Waals surface area contributed by atoms with Gasteiger partial charge in [-0.05, 0) is 42.5 Å². The second kappa shape index (κ2) is 4.94. The van der Waals surface area contributed by atoms with Crippen LogP contribution in [0, 0.1) is 11.7 Å². The van der Waals surface area contributed by atoms with E-state index in [1.165, 1.54) is 0 Å². The molecule has 1 aromatic carbocycles. The molecule has 0 amide bonds. The highest BCUT2D eigenvalue weighted by Gasteiger charge is 2.65. The number of nitrogens with zero attached hydrogens (tertiary/aromatic N) is 1. The van der Waals surface area contributed by atoms with E-state index in [-0.39, 0.29) is 29.9 Å². The lowest BCUT2D eigenvalue weighted by molar-refractivity contribution is 0.362. The van der Waals surface area contributed by atoms with Crippen molar-refractivity contribution in [2.45, 2.75) is 30.8 Å². The number of aryl methyl sites for hydroxylation is 1. The van der Waals surface area contributed by atoms with E-state index in [1.54, 1.807) is 6.92 Å². The zero-order chi connectivity index (χ0) is 17.5. The molecule has 2 rings (SSSR count). The summed E-state index contributed by atoms with van der Waals surface area (Å²) in [5.41, 5.74) is 10.6. The van der Waals surface area contributed by atoms with Gasteiger partial charge in [0.2, 0.25) is 5.96 Å². The van der Waals surface area contributed by atoms with E-state index < -0.39 is 27.1 Å². The summed E-state index contributed by atoms with van der Waals surface area (Å²) in [4.78, 5) is 1.79. The van der Waals surface area contributed by atoms with Gasteiger partial charge in [-0.3, -0.25) is 5.43 Å². The minimum atomic E-state index is -9.90. The van der Waals surface area contributed by atoms with Crippen molar-refractivity contribution in [2.24, 2.45) is 16.6 Å². The molecule has 1 heterocycles. The first-order valence-corrected chi connectivity index (χ1v) is 8.58. The van der Waals surface area contributed by atoms with Gasteiger partial charge in [0.05, 0.1) is 0 Å². The zero-order valence-electron chi connectivity index (χ0n) is 12.0. The van der Waals surface area contributed by atoms with Gasteiger partial charge < -0.3 is 5.73 Å². The van der Waals surface area contributed by atoms with Crippen LogP contribution in [0.15, 0.2) is 28.1 Å². The second-order valence-electron chi connectivity index (χ2n) is 5.51. The van der Waals surface area contributed by atoms with E-state index in [1.807, 2.05) is 0 Å². The molecule has 0 fully saturated rings. The van der Waals surface area contributed by atoms with Crippen molar-refractivity contribution in [1.82, 2.24) is 10.9 Å². The van der Waals surface area contributed by atoms with Crippen LogP contribution < -0.4 is 16.6 Å². The molecule has 4 nitrogen and oxygen atoms in total. The van der Waals surface area contributed by atoms with Gasteiger partial charge in [-0.1, -0.05) is 26.4 Å². The molecule has 0 bridgehead atoms. The third-order valence-corrected chi connectivity index (χ3v) is 4.56. The predicted molar refractivity (Wildman–Crippen MR) is 77.0 cm³/mol. The second-order valence-corrected chi connectivity index (χ2v) is 7.92. The average molecular weight is 362 g/mol. The van der Waals surface area contributed by atoms with Crippen LogP contribution in [0.4, 0.5) is 23.8 Å². The van der Waals surface area contributed by atoms with Crippen molar-refractivity contribution in [3.05, 3.63) is 29.6 Å². The molecular formula is C12H16F6N4S. The Bertz CT molecular complexity index is 645. The largest absolute Gasteiger partial charge is 0.369 e. The van der Waals surface area contributed by atoms with Crippen LogP contribution >= 0.6 is 10.2 Å². The zero-order valence-corrected chi connectivity index (χ0v) is 12.8. The standard InChI is InChI=1S/C12H16F6N4S/c1-7(11-20-12(19)22-21-11)2-3-8-4-9(13)6-10(5-8)23(14,15,16,17)18/h4-7,11,21H,2-3H2,1H3,(H3,19,20,22).